The lowest BCUT2D eigenvalue weighted by Crippen LogP contribution is -2.27. The van der Waals surface area contributed by atoms with Crippen LogP contribution < -0.4 is 4.74 Å². The van der Waals surface area contributed by atoms with Gasteiger partial charge in [0.25, 0.3) is 0 Å². The van der Waals surface area contributed by atoms with Gasteiger partial charge in [-0.3, -0.25) is 4.98 Å². The minimum absolute atomic E-state index is 0.696. The second-order valence-electron chi connectivity index (χ2n) is 5.93. The van der Waals surface area contributed by atoms with Gasteiger partial charge in [0.1, 0.15) is 11.5 Å². The number of halogens is 1. The average Bonchev–Trinajstić information content (AvgIpc) is 2.56. The van der Waals surface area contributed by atoms with Crippen molar-refractivity contribution in [3.63, 3.8) is 0 Å². The van der Waals surface area contributed by atoms with Crippen LogP contribution in [-0.2, 0) is 13.0 Å². The molecule has 0 saturated carbocycles. The number of nitrogens with zero attached hydrogens (tertiary/aromatic N) is 2. The Morgan fingerprint density at radius 3 is 2.78 bits per heavy atom. The van der Waals surface area contributed by atoms with Gasteiger partial charge in [0.2, 0.25) is 0 Å². The number of pyridine rings is 1. The van der Waals surface area contributed by atoms with E-state index in [4.69, 9.17) is 21.3 Å². The number of hydrogen-bond donors (Lipinski definition) is 0. The third kappa shape index (κ3) is 2.78. The van der Waals surface area contributed by atoms with E-state index in [1.165, 1.54) is 0 Å². The Morgan fingerprint density at radius 1 is 1.13 bits per heavy atom. The van der Waals surface area contributed by atoms with E-state index in [2.05, 4.69) is 11.9 Å². The number of ether oxygens (including phenoxy) is 1. The fourth-order valence-electron chi connectivity index (χ4n) is 3.03. The number of likely N-dealkylation sites (N-methyl/N-ethyl adjacent to an activating group) is 1. The van der Waals surface area contributed by atoms with Crippen LogP contribution in [0.3, 0.4) is 0 Å². The Labute approximate surface area is 140 Å². The molecule has 1 aliphatic rings. The summed E-state index contributed by atoms with van der Waals surface area (Å²) in [5.41, 5.74) is 3.23. The van der Waals surface area contributed by atoms with Crippen LogP contribution in [0.2, 0.25) is 5.02 Å². The first kappa shape index (κ1) is 14.5. The number of aromatic nitrogens is 1. The molecule has 0 unspecified atom stereocenters. The van der Waals surface area contributed by atoms with Gasteiger partial charge in [0.15, 0.2) is 0 Å². The smallest absolute Gasteiger partial charge is 0.143 e. The minimum atomic E-state index is 0.696. The summed E-state index contributed by atoms with van der Waals surface area (Å²) in [5, 5.41) is 1.66. The van der Waals surface area contributed by atoms with Crippen LogP contribution in [0.15, 0.2) is 48.5 Å². The zero-order valence-corrected chi connectivity index (χ0v) is 13.7. The highest BCUT2D eigenvalue weighted by Gasteiger charge is 2.22. The topological polar surface area (TPSA) is 25.4 Å². The van der Waals surface area contributed by atoms with E-state index in [9.17, 15) is 0 Å². The summed E-state index contributed by atoms with van der Waals surface area (Å²) in [6, 6.07) is 15.7. The predicted molar refractivity (Wildman–Crippen MR) is 93.3 cm³/mol. The Bertz CT molecular complexity index is 864. The summed E-state index contributed by atoms with van der Waals surface area (Å²) in [4.78, 5) is 7.12. The van der Waals surface area contributed by atoms with Crippen LogP contribution >= 0.6 is 11.6 Å². The molecule has 1 aromatic heterocycles. The SMILES string of the molecule is CN1CCc2nc3ccc(Cl)cc3c(Oc3ccccc3)c2C1. The van der Waals surface area contributed by atoms with Crippen LogP contribution in [-0.4, -0.2) is 23.5 Å². The van der Waals surface area contributed by atoms with Gasteiger partial charge < -0.3 is 9.64 Å². The number of fused-ring (bicyclic) bond motifs is 2. The summed E-state index contributed by atoms with van der Waals surface area (Å²) < 4.78 is 6.27. The highest BCUT2D eigenvalue weighted by Crippen LogP contribution is 2.37. The monoisotopic (exact) mass is 324 g/mol. The van der Waals surface area contributed by atoms with Crippen molar-refractivity contribution in [2.24, 2.45) is 0 Å². The molecule has 0 amide bonds. The summed E-state index contributed by atoms with van der Waals surface area (Å²) in [6.07, 6.45) is 0.940. The number of benzene rings is 2. The maximum atomic E-state index is 6.27. The van der Waals surface area contributed by atoms with Gasteiger partial charge in [-0.25, -0.2) is 0 Å². The first-order valence-corrected chi connectivity index (χ1v) is 8.11. The van der Waals surface area contributed by atoms with Crippen molar-refractivity contribution >= 4 is 22.5 Å². The van der Waals surface area contributed by atoms with E-state index < -0.39 is 0 Å². The van der Waals surface area contributed by atoms with Crippen molar-refractivity contribution in [1.82, 2.24) is 9.88 Å². The highest BCUT2D eigenvalue weighted by molar-refractivity contribution is 6.31. The molecular weight excluding hydrogens is 308 g/mol. The lowest BCUT2D eigenvalue weighted by molar-refractivity contribution is 0.304. The molecule has 0 aliphatic carbocycles. The van der Waals surface area contributed by atoms with Crippen molar-refractivity contribution in [2.45, 2.75) is 13.0 Å². The molecule has 23 heavy (non-hydrogen) atoms. The van der Waals surface area contributed by atoms with Gasteiger partial charge >= 0.3 is 0 Å². The molecule has 1 aliphatic heterocycles. The van der Waals surface area contributed by atoms with E-state index in [1.54, 1.807) is 0 Å². The molecule has 0 saturated heterocycles. The molecule has 3 aromatic rings. The van der Waals surface area contributed by atoms with Crippen molar-refractivity contribution in [2.75, 3.05) is 13.6 Å². The average molecular weight is 325 g/mol. The van der Waals surface area contributed by atoms with E-state index in [-0.39, 0.29) is 0 Å². The Hall–Kier alpha value is -2.10. The molecule has 116 valence electrons. The first-order chi connectivity index (χ1) is 11.2. The molecule has 3 nitrogen and oxygen atoms in total. The fraction of sp³-hybridized carbons (Fsp3) is 0.211. The highest BCUT2D eigenvalue weighted by atomic mass is 35.5. The van der Waals surface area contributed by atoms with E-state index >= 15 is 0 Å². The third-order valence-electron chi connectivity index (χ3n) is 4.20. The molecule has 2 aromatic carbocycles. The lowest BCUT2D eigenvalue weighted by atomic mass is 10.0. The molecule has 0 bridgehead atoms. The van der Waals surface area contributed by atoms with Crippen molar-refractivity contribution in [1.29, 1.82) is 0 Å². The second-order valence-corrected chi connectivity index (χ2v) is 6.37. The quantitative estimate of drug-likeness (QED) is 0.685. The fourth-order valence-corrected chi connectivity index (χ4v) is 3.20. The maximum absolute atomic E-state index is 6.27. The van der Waals surface area contributed by atoms with Gasteiger partial charge in [-0.05, 0) is 37.4 Å². The van der Waals surface area contributed by atoms with Crippen LogP contribution in [0.1, 0.15) is 11.3 Å². The minimum Gasteiger partial charge on any atom is -0.456 e. The molecule has 0 fully saturated rings. The number of rotatable bonds is 2. The molecule has 0 N–H and O–H groups in total. The van der Waals surface area contributed by atoms with Crippen LogP contribution in [0.25, 0.3) is 10.9 Å². The zero-order valence-electron chi connectivity index (χ0n) is 12.9. The zero-order chi connectivity index (χ0) is 15.8. The van der Waals surface area contributed by atoms with Crippen LogP contribution in [0, 0.1) is 0 Å². The van der Waals surface area contributed by atoms with E-state index in [1.807, 2.05) is 48.5 Å². The van der Waals surface area contributed by atoms with Gasteiger partial charge in [0.05, 0.1) is 11.2 Å². The Kier molecular flexibility index (Phi) is 3.68. The first-order valence-electron chi connectivity index (χ1n) is 7.73. The molecule has 0 radical (unpaired) electrons. The lowest BCUT2D eigenvalue weighted by Gasteiger charge is -2.27. The van der Waals surface area contributed by atoms with Gasteiger partial charge in [-0.15, -0.1) is 0 Å². The summed E-state index contributed by atoms with van der Waals surface area (Å²) in [7, 11) is 2.12. The molecule has 0 spiro atoms. The van der Waals surface area contributed by atoms with Crippen molar-refractivity contribution < 1.29 is 4.74 Å². The number of para-hydroxylation sites is 1. The largest absolute Gasteiger partial charge is 0.456 e. The maximum Gasteiger partial charge on any atom is 0.143 e. The third-order valence-corrected chi connectivity index (χ3v) is 4.44. The van der Waals surface area contributed by atoms with E-state index in [0.717, 1.165) is 53.2 Å². The van der Waals surface area contributed by atoms with Crippen molar-refractivity contribution in [3.8, 4) is 11.5 Å². The summed E-state index contributed by atoms with van der Waals surface area (Å²) >= 11 is 6.21. The Balaban J connectivity index is 1.94. The second kappa shape index (κ2) is 5.84. The van der Waals surface area contributed by atoms with Crippen molar-refractivity contribution in [3.05, 3.63) is 64.8 Å². The van der Waals surface area contributed by atoms with Gasteiger partial charge in [-0.1, -0.05) is 29.8 Å². The normalized spacial score (nSPS) is 14.7. The molecule has 4 heteroatoms. The molecule has 2 heterocycles. The Morgan fingerprint density at radius 2 is 1.96 bits per heavy atom. The van der Waals surface area contributed by atoms with Crippen LogP contribution in [0.5, 0.6) is 11.5 Å². The van der Waals surface area contributed by atoms with E-state index in [0.29, 0.717) is 5.02 Å². The molecule has 0 atom stereocenters. The van der Waals surface area contributed by atoms with Crippen LogP contribution in [0.4, 0.5) is 0 Å². The van der Waals surface area contributed by atoms with Gasteiger partial charge in [0, 0.05) is 35.5 Å². The standard InChI is InChI=1S/C19H17ClN2O/c1-22-10-9-18-16(12-22)19(23-14-5-3-2-4-6-14)15-11-13(20)7-8-17(15)21-18/h2-8,11H,9-10,12H2,1H3. The van der Waals surface area contributed by atoms with Gasteiger partial charge in [-0.2, -0.15) is 0 Å². The summed E-state index contributed by atoms with van der Waals surface area (Å²) in [6.45, 7) is 1.86. The molecule has 4 rings (SSSR count). The predicted octanol–water partition coefficient (Wildman–Crippen LogP) is 4.67. The molecular formula is C19H17ClN2O. The number of hydrogen-bond acceptors (Lipinski definition) is 3. The summed E-state index contributed by atoms with van der Waals surface area (Å²) in [5.74, 6) is 1.71.